The van der Waals surface area contributed by atoms with Crippen molar-refractivity contribution in [3.05, 3.63) is 60.5 Å². The van der Waals surface area contributed by atoms with Crippen LogP contribution >= 0.6 is 0 Å². The number of aromatic nitrogens is 1. The molecule has 1 aromatic carbocycles. The van der Waals surface area contributed by atoms with Gasteiger partial charge < -0.3 is 10.6 Å². The van der Waals surface area contributed by atoms with E-state index < -0.39 is 24.5 Å². The van der Waals surface area contributed by atoms with Gasteiger partial charge in [0.15, 0.2) is 0 Å². The largest absolute Gasteiger partial charge is 0.405 e. The molecular weight excluding hydrogens is 381 g/mol. The smallest absolute Gasteiger partial charge is 0.328 e. The zero-order valence-electron chi connectivity index (χ0n) is 15.3. The van der Waals surface area contributed by atoms with Gasteiger partial charge in [-0.05, 0) is 36.4 Å². The van der Waals surface area contributed by atoms with Gasteiger partial charge in [-0.15, -0.1) is 0 Å². The van der Waals surface area contributed by atoms with Crippen LogP contribution in [0, 0.1) is 11.3 Å². The molecule has 0 saturated carbocycles. The van der Waals surface area contributed by atoms with Gasteiger partial charge in [0.1, 0.15) is 18.3 Å². The summed E-state index contributed by atoms with van der Waals surface area (Å²) in [5, 5.41) is 12.5. The molecular formula is C20H19F3N6. The molecule has 29 heavy (non-hydrogen) atoms. The van der Waals surface area contributed by atoms with Crippen molar-refractivity contribution in [1.29, 1.82) is 5.26 Å². The minimum absolute atomic E-state index is 0.219. The number of hydrogen-bond donors (Lipinski definition) is 2. The van der Waals surface area contributed by atoms with Gasteiger partial charge in [0.25, 0.3) is 0 Å². The number of anilines is 1. The van der Waals surface area contributed by atoms with E-state index in [0.717, 1.165) is 11.1 Å². The summed E-state index contributed by atoms with van der Waals surface area (Å²) in [6.07, 6.45) is 3.26. The number of nitrogens with one attached hydrogen (secondary N) is 1. The summed E-state index contributed by atoms with van der Waals surface area (Å²) in [7, 11) is 0. The summed E-state index contributed by atoms with van der Waals surface area (Å²) in [5.74, 6) is 0. The topological polar surface area (TPSA) is 81.2 Å². The number of rotatable bonds is 2. The molecule has 1 fully saturated rings. The van der Waals surface area contributed by atoms with Crippen LogP contribution < -0.4 is 16.0 Å². The summed E-state index contributed by atoms with van der Waals surface area (Å²) in [6, 6.07) is 7.52. The number of hydrogen-bond acceptors (Lipinski definition) is 6. The molecule has 0 aliphatic carbocycles. The number of halogens is 3. The molecule has 3 atom stereocenters. The van der Waals surface area contributed by atoms with Crippen LogP contribution in [-0.2, 0) is 0 Å². The Morgan fingerprint density at radius 1 is 1.21 bits per heavy atom. The molecule has 9 heteroatoms. The van der Waals surface area contributed by atoms with E-state index in [1.54, 1.807) is 35.4 Å². The van der Waals surface area contributed by atoms with Gasteiger partial charge in [-0.3, -0.25) is 15.2 Å². The third-order valence-electron chi connectivity index (χ3n) is 5.10. The highest BCUT2D eigenvalue weighted by atomic mass is 19.4. The molecule has 150 valence electrons. The van der Waals surface area contributed by atoms with E-state index in [1.807, 2.05) is 29.3 Å². The second kappa shape index (κ2) is 7.48. The molecule has 2 aromatic rings. The van der Waals surface area contributed by atoms with Gasteiger partial charge in [0, 0.05) is 30.9 Å². The highest BCUT2D eigenvalue weighted by Gasteiger charge is 2.45. The van der Waals surface area contributed by atoms with E-state index in [2.05, 4.69) is 16.4 Å². The fourth-order valence-corrected chi connectivity index (χ4v) is 3.82. The average molecular weight is 400 g/mol. The quantitative estimate of drug-likeness (QED) is 0.806. The van der Waals surface area contributed by atoms with Crippen LogP contribution in [0.5, 0.6) is 0 Å². The van der Waals surface area contributed by atoms with E-state index in [1.165, 1.54) is 0 Å². The third-order valence-corrected chi connectivity index (χ3v) is 5.10. The first-order valence-electron chi connectivity index (χ1n) is 9.12. The summed E-state index contributed by atoms with van der Waals surface area (Å²) in [6.45, 7) is 0.0431. The Morgan fingerprint density at radius 2 is 2.03 bits per heavy atom. The fraction of sp³-hybridized carbons (Fsp3) is 0.300. The molecule has 0 radical (unpaired) electrons. The molecule has 2 aliphatic rings. The summed E-state index contributed by atoms with van der Waals surface area (Å²) in [4.78, 5) is 7.91. The van der Waals surface area contributed by atoms with Gasteiger partial charge in [-0.2, -0.15) is 18.4 Å². The number of alkyl halides is 3. The van der Waals surface area contributed by atoms with Crippen LogP contribution in [0.2, 0.25) is 0 Å². The Bertz CT molecular complexity index is 1010. The highest BCUT2D eigenvalue weighted by molar-refractivity contribution is 5.95. The monoisotopic (exact) mass is 400 g/mol. The maximum absolute atomic E-state index is 13.3. The predicted octanol–water partition coefficient (Wildman–Crippen LogP) is 2.44. The Morgan fingerprint density at radius 3 is 2.79 bits per heavy atom. The summed E-state index contributed by atoms with van der Waals surface area (Å²) in [5.41, 5.74) is 7.63. The zero-order valence-corrected chi connectivity index (χ0v) is 15.3. The maximum atomic E-state index is 13.3. The van der Waals surface area contributed by atoms with Gasteiger partial charge in [-0.1, -0.05) is 6.08 Å². The first-order chi connectivity index (χ1) is 13.9. The van der Waals surface area contributed by atoms with Crippen molar-refractivity contribution >= 4 is 16.6 Å². The van der Waals surface area contributed by atoms with E-state index in [4.69, 9.17) is 5.73 Å². The van der Waals surface area contributed by atoms with Gasteiger partial charge in [0.2, 0.25) is 0 Å². The van der Waals surface area contributed by atoms with E-state index >= 15 is 0 Å². The molecule has 3 N–H and O–H groups in total. The molecule has 1 unspecified atom stereocenters. The van der Waals surface area contributed by atoms with E-state index in [-0.39, 0.29) is 13.1 Å². The predicted molar refractivity (Wildman–Crippen MR) is 104 cm³/mol. The van der Waals surface area contributed by atoms with Crippen molar-refractivity contribution in [3.63, 3.8) is 0 Å². The van der Waals surface area contributed by atoms with Gasteiger partial charge in [0.05, 0.1) is 22.9 Å². The lowest BCUT2D eigenvalue weighted by Crippen LogP contribution is -2.67. The lowest BCUT2D eigenvalue weighted by molar-refractivity contribution is -0.169. The van der Waals surface area contributed by atoms with Crippen LogP contribution in [-0.4, -0.2) is 47.5 Å². The Balaban J connectivity index is 1.73. The lowest BCUT2D eigenvalue weighted by Gasteiger charge is -2.45. The van der Waals surface area contributed by atoms with Crippen LogP contribution in [0.4, 0.5) is 18.9 Å². The number of nitrogens with two attached hydrogens (primary N) is 1. The van der Waals surface area contributed by atoms with Crippen molar-refractivity contribution in [2.75, 3.05) is 18.0 Å². The van der Waals surface area contributed by atoms with Gasteiger partial charge in [-0.25, -0.2) is 0 Å². The number of piperazine rings is 1. The van der Waals surface area contributed by atoms with Crippen molar-refractivity contribution in [2.24, 2.45) is 5.73 Å². The Hall–Kier alpha value is -2.93. The first-order valence-corrected chi connectivity index (χ1v) is 9.12. The number of allylic oxidation sites excluding steroid dienone is 2. The molecule has 2 aliphatic heterocycles. The molecule has 0 bridgehead atoms. The summed E-state index contributed by atoms with van der Waals surface area (Å²) >= 11 is 0. The Kier molecular flexibility index (Phi) is 5.00. The maximum Gasteiger partial charge on any atom is 0.405 e. The SMILES string of the molecule is N#Cc1ccc(N2C=CC=CC2N2C[C@@H](N)N[C@@H](C(F)(F)F)C2)c2cccnc12. The number of pyridine rings is 1. The fourth-order valence-electron chi connectivity index (χ4n) is 3.82. The molecule has 1 saturated heterocycles. The van der Waals surface area contributed by atoms with E-state index in [9.17, 15) is 18.4 Å². The van der Waals surface area contributed by atoms with Gasteiger partial charge >= 0.3 is 6.18 Å². The average Bonchev–Trinajstić information content (AvgIpc) is 2.72. The molecule has 0 spiro atoms. The third kappa shape index (κ3) is 3.70. The zero-order chi connectivity index (χ0) is 20.6. The lowest BCUT2D eigenvalue weighted by atomic mass is 10.1. The molecule has 0 amide bonds. The van der Waals surface area contributed by atoms with Crippen molar-refractivity contribution in [3.8, 4) is 6.07 Å². The van der Waals surface area contributed by atoms with Crippen molar-refractivity contribution < 1.29 is 13.2 Å². The number of benzene rings is 1. The molecule has 4 rings (SSSR count). The second-order valence-electron chi connectivity index (χ2n) is 7.01. The number of fused-ring (bicyclic) bond motifs is 1. The van der Waals surface area contributed by atoms with Crippen LogP contribution in [0.25, 0.3) is 10.9 Å². The highest BCUT2D eigenvalue weighted by Crippen LogP contribution is 2.33. The van der Waals surface area contributed by atoms with Crippen LogP contribution in [0.15, 0.2) is 54.9 Å². The second-order valence-corrected chi connectivity index (χ2v) is 7.01. The van der Waals surface area contributed by atoms with Crippen molar-refractivity contribution in [2.45, 2.75) is 24.5 Å². The normalized spacial score (nSPS) is 25.3. The number of nitriles is 1. The molecule has 3 heterocycles. The molecule has 6 nitrogen and oxygen atoms in total. The minimum atomic E-state index is -4.39. The van der Waals surface area contributed by atoms with E-state index in [0.29, 0.717) is 11.1 Å². The minimum Gasteiger partial charge on any atom is -0.328 e. The van der Waals surface area contributed by atoms with Crippen LogP contribution in [0.1, 0.15) is 5.56 Å². The molecule has 1 aromatic heterocycles. The van der Waals surface area contributed by atoms with Crippen molar-refractivity contribution in [1.82, 2.24) is 15.2 Å². The first kappa shape index (κ1) is 19.4. The number of nitrogens with zero attached hydrogens (tertiary/aromatic N) is 4. The summed E-state index contributed by atoms with van der Waals surface area (Å²) < 4.78 is 40.0. The Labute approximate surface area is 165 Å². The standard InChI is InChI=1S/C20H19F3N6/c21-20(22,23)16-11-28(12-17(25)27-16)18-5-1-2-9-29(18)15-7-6-13(10-24)19-14(15)4-3-8-26-19/h1-9,16-18,27H,11-12,25H2/t16-,17+,18?/m1/s1. The van der Waals surface area contributed by atoms with Crippen LogP contribution in [0.3, 0.4) is 0 Å².